The van der Waals surface area contributed by atoms with Gasteiger partial charge in [0.25, 0.3) is 0 Å². The molecular weight excluding hydrogens is 370 g/mol. The van der Waals surface area contributed by atoms with Crippen LogP contribution >= 0.6 is 11.8 Å². The lowest BCUT2D eigenvalue weighted by Gasteiger charge is -2.11. The number of thioether (sulfide) groups is 1. The zero-order valence-corrected chi connectivity index (χ0v) is 16.4. The third-order valence-corrected chi connectivity index (χ3v) is 5.52. The second kappa shape index (κ2) is 7.86. The summed E-state index contributed by atoms with van der Waals surface area (Å²) in [4.78, 5) is 21.7. The van der Waals surface area contributed by atoms with Crippen molar-refractivity contribution in [3.63, 3.8) is 0 Å². The molecule has 0 unspecified atom stereocenters. The van der Waals surface area contributed by atoms with E-state index in [1.54, 1.807) is 12.3 Å². The van der Waals surface area contributed by atoms with Crippen molar-refractivity contribution < 1.29 is 9.21 Å². The van der Waals surface area contributed by atoms with Crippen LogP contribution < -0.4 is 5.32 Å². The summed E-state index contributed by atoms with van der Waals surface area (Å²) in [5.41, 5.74) is 3.89. The molecule has 2 aromatic heterocycles. The fourth-order valence-electron chi connectivity index (χ4n) is 2.88. The van der Waals surface area contributed by atoms with Gasteiger partial charge in [-0.05, 0) is 49.2 Å². The number of carbonyl (C=O) groups excluding carboxylic acids is 1. The second-order valence-corrected chi connectivity index (χ2v) is 7.40. The molecule has 4 aromatic rings. The average molecular weight is 389 g/mol. The van der Waals surface area contributed by atoms with Crippen molar-refractivity contribution in [3.8, 4) is 11.6 Å². The molecule has 0 saturated carbocycles. The van der Waals surface area contributed by atoms with Gasteiger partial charge in [0.15, 0.2) is 11.6 Å². The number of hydrogen-bond acceptors (Lipinski definition) is 5. The van der Waals surface area contributed by atoms with Gasteiger partial charge < -0.3 is 9.73 Å². The summed E-state index contributed by atoms with van der Waals surface area (Å²) in [5.74, 6) is 1.31. The van der Waals surface area contributed by atoms with Gasteiger partial charge in [0, 0.05) is 11.1 Å². The minimum Gasteiger partial charge on any atom is -0.461 e. The van der Waals surface area contributed by atoms with E-state index in [4.69, 9.17) is 4.42 Å². The molecule has 2 heterocycles. The van der Waals surface area contributed by atoms with Crippen molar-refractivity contribution in [1.82, 2.24) is 9.97 Å². The summed E-state index contributed by atoms with van der Waals surface area (Å²) in [6.07, 6.45) is 1.60. The molecule has 0 saturated heterocycles. The van der Waals surface area contributed by atoms with E-state index in [1.165, 1.54) is 11.8 Å². The Hall–Kier alpha value is -3.12. The number of aryl methyl sites for hydroxylation is 1. The molecule has 0 spiro atoms. The molecule has 0 aliphatic carbocycles. The standard InChI is InChI=1S/C22H19N3O2S/c1-14-7-5-10-17(15(14)2)23-20(26)13-28-22-16-8-3-4-9-18(16)24-21(25-22)19-11-6-12-27-19/h3-12H,13H2,1-2H3,(H,23,26). The van der Waals surface area contributed by atoms with Crippen molar-refractivity contribution in [1.29, 1.82) is 0 Å². The van der Waals surface area contributed by atoms with Gasteiger partial charge in [-0.1, -0.05) is 42.1 Å². The highest BCUT2D eigenvalue weighted by atomic mass is 32.2. The van der Waals surface area contributed by atoms with E-state index < -0.39 is 0 Å². The van der Waals surface area contributed by atoms with Gasteiger partial charge in [0.05, 0.1) is 17.5 Å². The Morgan fingerprint density at radius 3 is 2.71 bits per heavy atom. The molecule has 1 amide bonds. The van der Waals surface area contributed by atoms with E-state index in [9.17, 15) is 4.79 Å². The first kappa shape index (κ1) is 18.3. The topological polar surface area (TPSA) is 68.0 Å². The third-order valence-electron chi connectivity index (χ3n) is 4.53. The van der Waals surface area contributed by atoms with E-state index >= 15 is 0 Å². The van der Waals surface area contributed by atoms with Gasteiger partial charge in [-0.2, -0.15) is 0 Å². The molecule has 4 rings (SSSR count). The Labute approximate surface area is 167 Å². The molecule has 1 N–H and O–H groups in total. The molecule has 5 nitrogen and oxygen atoms in total. The fourth-order valence-corrected chi connectivity index (χ4v) is 3.70. The summed E-state index contributed by atoms with van der Waals surface area (Å²) in [6, 6.07) is 17.3. The van der Waals surface area contributed by atoms with Crippen molar-refractivity contribution in [2.75, 3.05) is 11.1 Å². The summed E-state index contributed by atoms with van der Waals surface area (Å²) < 4.78 is 5.44. The normalized spacial score (nSPS) is 10.9. The lowest BCUT2D eigenvalue weighted by molar-refractivity contribution is -0.113. The highest BCUT2D eigenvalue weighted by Gasteiger charge is 2.13. The lowest BCUT2D eigenvalue weighted by Crippen LogP contribution is -2.15. The van der Waals surface area contributed by atoms with E-state index in [0.717, 1.165) is 32.7 Å². The van der Waals surface area contributed by atoms with Crippen molar-refractivity contribution in [2.45, 2.75) is 18.9 Å². The number of aromatic nitrogens is 2. The van der Waals surface area contributed by atoms with E-state index in [1.807, 2.05) is 62.4 Å². The number of fused-ring (bicyclic) bond motifs is 1. The zero-order valence-electron chi connectivity index (χ0n) is 15.6. The third kappa shape index (κ3) is 3.77. The molecule has 6 heteroatoms. The number of carbonyl (C=O) groups is 1. The molecule has 0 aliphatic heterocycles. The van der Waals surface area contributed by atoms with Crippen LogP contribution in [0.5, 0.6) is 0 Å². The minimum atomic E-state index is -0.0686. The largest absolute Gasteiger partial charge is 0.461 e. The van der Waals surface area contributed by atoms with Gasteiger partial charge in [-0.15, -0.1) is 0 Å². The first-order valence-corrected chi connectivity index (χ1v) is 9.90. The van der Waals surface area contributed by atoms with Crippen LogP contribution in [0.25, 0.3) is 22.5 Å². The number of nitrogens with zero attached hydrogens (tertiary/aromatic N) is 2. The van der Waals surface area contributed by atoms with Crippen LogP contribution in [0, 0.1) is 13.8 Å². The molecule has 28 heavy (non-hydrogen) atoms. The number of anilines is 1. The zero-order chi connectivity index (χ0) is 19.5. The molecule has 0 aliphatic rings. The number of hydrogen-bond donors (Lipinski definition) is 1. The van der Waals surface area contributed by atoms with Crippen molar-refractivity contribution in [3.05, 3.63) is 72.0 Å². The van der Waals surface area contributed by atoms with Gasteiger partial charge in [-0.25, -0.2) is 9.97 Å². The Kier molecular flexibility index (Phi) is 5.12. The summed E-state index contributed by atoms with van der Waals surface area (Å²) in [6.45, 7) is 4.04. The van der Waals surface area contributed by atoms with Crippen LogP contribution in [0.15, 0.2) is 70.3 Å². The number of amides is 1. The highest BCUT2D eigenvalue weighted by Crippen LogP contribution is 2.29. The van der Waals surface area contributed by atoms with Crippen molar-refractivity contribution in [2.24, 2.45) is 0 Å². The monoisotopic (exact) mass is 389 g/mol. The number of para-hydroxylation sites is 1. The molecule has 0 fully saturated rings. The van der Waals surface area contributed by atoms with E-state index in [2.05, 4.69) is 15.3 Å². The Bertz CT molecular complexity index is 1140. The van der Waals surface area contributed by atoms with Gasteiger partial charge in [0.2, 0.25) is 5.91 Å². The minimum absolute atomic E-state index is 0.0686. The molecule has 2 aromatic carbocycles. The van der Waals surface area contributed by atoms with Crippen LogP contribution in [-0.2, 0) is 4.79 Å². The molecular formula is C22H19N3O2S. The summed E-state index contributed by atoms with van der Waals surface area (Å²) >= 11 is 1.39. The van der Waals surface area contributed by atoms with Gasteiger partial charge in [0.1, 0.15) is 5.03 Å². The maximum absolute atomic E-state index is 12.5. The Morgan fingerprint density at radius 1 is 1.04 bits per heavy atom. The molecule has 0 radical (unpaired) electrons. The molecule has 0 atom stereocenters. The van der Waals surface area contributed by atoms with Gasteiger partial charge in [-0.3, -0.25) is 4.79 Å². The maximum atomic E-state index is 12.5. The Morgan fingerprint density at radius 2 is 1.89 bits per heavy atom. The predicted molar refractivity (Wildman–Crippen MR) is 113 cm³/mol. The number of furan rings is 1. The SMILES string of the molecule is Cc1cccc(NC(=O)CSc2nc(-c3ccco3)nc3ccccc23)c1C. The van der Waals surface area contributed by atoms with Crippen LogP contribution in [0.4, 0.5) is 5.69 Å². The van der Waals surface area contributed by atoms with Crippen LogP contribution in [-0.4, -0.2) is 21.6 Å². The first-order chi connectivity index (χ1) is 13.6. The Balaban J connectivity index is 1.57. The lowest BCUT2D eigenvalue weighted by atomic mass is 10.1. The second-order valence-electron chi connectivity index (χ2n) is 6.43. The number of nitrogens with one attached hydrogen (secondary N) is 1. The van der Waals surface area contributed by atoms with E-state index in [0.29, 0.717) is 11.6 Å². The fraction of sp³-hybridized carbons (Fsp3) is 0.136. The number of benzene rings is 2. The summed E-state index contributed by atoms with van der Waals surface area (Å²) in [7, 11) is 0. The maximum Gasteiger partial charge on any atom is 0.234 e. The highest BCUT2D eigenvalue weighted by molar-refractivity contribution is 8.00. The van der Waals surface area contributed by atoms with Crippen LogP contribution in [0.3, 0.4) is 0 Å². The van der Waals surface area contributed by atoms with Crippen LogP contribution in [0.1, 0.15) is 11.1 Å². The quantitative estimate of drug-likeness (QED) is 0.373. The van der Waals surface area contributed by atoms with Crippen molar-refractivity contribution >= 4 is 34.3 Å². The molecule has 0 bridgehead atoms. The first-order valence-electron chi connectivity index (χ1n) is 8.91. The average Bonchev–Trinajstić information content (AvgIpc) is 3.24. The molecule has 140 valence electrons. The number of rotatable bonds is 5. The predicted octanol–water partition coefficient (Wildman–Crippen LogP) is 5.24. The summed E-state index contributed by atoms with van der Waals surface area (Å²) in [5, 5.41) is 4.67. The van der Waals surface area contributed by atoms with E-state index in [-0.39, 0.29) is 11.7 Å². The van der Waals surface area contributed by atoms with Gasteiger partial charge >= 0.3 is 0 Å². The smallest absolute Gasteiger partial charge is 0.234 e. The van der Waals surface area contributed by atoms with Crippen LogP contribution in [0.2, 0.25) is 0 Å².